The summed E-state index contributed by atoms with van der Waals surface area (Å²) in [4.78, 5) is 8.43. The number of nitrogens with one attached hydrogen (secondary N) is 1. The molecular formula is C13H18N4O. The van der Waals surface area contributed by atoms with E-state index in [-0.39, 0.29) is 0 Å². The predicted molar refractivity (Wildman–Crippen MR) is 69.4 cm³/mol. The minimum absolute atomic E-state index is 0.630. The zero-order valence-corrected chi connectivity index (χ0v) is 11.0. The third-order valence-electron chi connectivity index (χ3n) is 2.81. The molecule has 2 rings (SSSR count). The molecular weight excluding hydrogens is 228 g/mol. The number of aromatic nitrogens is 3. The maximum atomic E-state index is 5.31. The summed E-state index contributed by atoms with van der Waals surface area (Å²) in [6.07, 6.45) is 5.31. The van der Waals surface area contributed by atoms with Crippen LogP contribution in [0, 0.1) is 6.92 Å². The summed E-state index contributed by atoms with van der Waals surface area (Å²) in [5.41, 5.74) is 3.18. The number of hydrogen-bond donors (Lipinski definition) is 1. The van der Waals surface area contributed by atoms with Crippen molar-refractivity contribution in [1.29, 1.82) is 0 Å². The van der Waals surface area contributed by atoms with E-state index in [0.717, 1.165) is 35.4 Å². The highest BCUT2D eigenvalue weighted by Gasteiger charge is 2.13. The molecule has 0 aliphatic rings. The van der Waals surface area contributed by atoms with Gasteiger partial charge >= 0.3 is 0 Å². The molecule has 0 saturated carbocycles. The van der Waals surface area contributed by atoms with Crippen LogP contribution in [0.25, 0.3) is 0 Å². The molecule has 0 bridgehead atoms. The van der Waals surface area contributed by atoms with Gasteiger partial charge in [-0.1, -0.05) is 19.0 Å². The lowest BCUT2D eigenvalue weighted by atomic mass is 10.1. The molecule has 0 amide bonds. The van der Waals surface area contributed by atoms with Gasteiger partial charge in [-0.05, 0) is 18.9 Å². The standard InChI is InChI=1S/C13H18N4O/c1-4-11-10(12(5-2)18-17-11)8-16-13-14-6-9(3)7-15-13/h6-7H,4-5,8H2,1-3H3,(H,14,15,16). The first kappa shape index (κ1) is 12.5. The van der Waals surface area contributed by atoms with Gasteiger partial charge in [0.1, 0.15) is 5.76 Å². The molecule has 2 aromatic rings. The quantitative estimate of drug-likeness (QED) is 0.878. The fourth-order valence-electron chi connectivity index (χ4n) is 1.79. The van der Waals surface area contributed by atoms with Crippen LogP contribution in [0.3, 0.4) is 0 Å². The van der Waals surface area contributed by atoms with E-state index in [1.807, 2.05) is 6.92 Å². The average Bonchev–Trinajstić information content (AvgIpc) is 2.80. The molecule has 0 unspecified atom stereocenters. The molecule has 0 radical (unpaired) electrons. The number of aryl methyl sites for hydroxylation is 3. The Labute approximate surface area is 107 Å². The molecule has 0 saturated heterocycles. The molecule has 0 aliphatic carbocycles. The van der Waals surface area contributed by atoms with Crippen molar-refractivity contribution in [3.8, 4) is 0 Å². The van der Waals surface area contributed by atoms with Crippen LogP contribution in [0.15, 0.2) is 16.9 Å². The molecule has 0 spiro atoms. The highest BCUT2D eigenvalue weighted by Crippen LogP contribution is 2.16. The summed E-state index contributed by atoms with van der Waals surface area (Å²) < 4.78 is 5.31. The van der Waals surface area contributed by atoms with E-state index in [9.17, 15) is 0 Å². The molecule has 96 valence electrons. The fourth-order valence-corrected chi connectivity index (χ4v) is 1.79. The van der Waals surface area contributed by atoms with Crippen LogP contribution in [0.4, 0.5) is 5.95 Å². The lowest BCUT2D eigenvalue weighted by Gasteiger charge is -2.05. The van der Waals surface area contributed by atoms with Crippen LogP contribution in [0.1, 0.15) is 36.4 Å². The molecule has 5 nitrogen and oxygen atoms in total. The van der Waals surface area contributed by atoms with Crippen LogP contribution >= 0.6 is 0 Å². The number of nitrogens with zero attached hydrogens (tertiary/aromatic N) is 3. The van der Waals surface area contributed by atoms with Crippen LogP contribution in [0.2, 0.25) is 0 Å². The zero-order valence-electron chi connectivity index (χ0n) is 11.0. The molecule has 0 atom stereocenters. The minimum atomic E-state index is 0.630. The Bertz CT molecular complexity index is 483. The van der Waals surface area contributed by atoms with Gasteiger partial charge in [0.2, 0.25) is 5.95 Å². The van der Waals surface area contributed by atoms with E-state index < -0.39 is 0 Å². The van der Waals surface area contributed by atoms with Crippen molar-refractivity contribution in [2.24, 2.45) is 0 Å². The molecule has 5 heteroatoms. The zero-order chi connectivity index (χ0) is 13.0. The summed E-state index contributed by atoms with van der Waals surface area (Å²) >= 11 is 0. The smallest absolute Gasteiger partial charge is 0.222 e. The maximum absolute atomic E-state index is 5.31. The molecule has 0 aromatic carbocycles. The lowest BCUT2D eigenvalue weighted by Crippen LogP contribution is -2.06. The van der Waals surface area contributed by atoms with Crippen molar-refractivity contribution < 1.29 is 4.52 Å². The monoisotopic (exact) mass is 246 g/mol. The highest BCUT2D eigenvalue weighted by molar-refractivity contribution is 5.31. The Hall–Kier alpha value is -1.91. The van der Waals surface area contributed by atoms with Gasteiger partial charge in [-0.3, -0.25) is 0 Å². The summed E-state index contributed by atoms with van der Waals surface area (Å²) in [7, 11) is 0. The Morgan fingerprint density at radius 2 is 1.89 bits per heavy atom. The van der Waals surface area contributed by atoms with Crippen molar-refractivity contribution in [2.75, 3.05) is 5.32 Å². The van der Waals surface area contributed by atoms with E-state index in [4.69, 9.17) is 4.52 Å². The van der Waals surface area contributed by atoms with Crippen LogP contribution in [0.5, 0.6) is 0 Å². The second kappa shape index (κ2) is 5.62. The van der Waals surface area contributed by atoms with Crippen LogP contribution in [-0.2, 0) is 19.4 Å². The first-order valence-electron chi connectivity index (χ1n) is 6.23. The van der Waals surface area contributed by atoms with Gasteiger partial charge in [-0.25, -0.2) is 9.97 Å². The number of hydrogen-bond acceptors (Lipinski definition) is 5. The summed E-state index contributed by atoms with van der Waals surface area (Å²) in [5.74, 6) is 1.57. The van der Waals surface area contributed by atoms with Crippen LogP contribution < -0.4 is 5.32 Å². The van der Waals surface area contributed by atoms with Crippen molar-refractivity contribution >= 4 is 5.95 Å². The van der Waals surface area contributed by atoms with Gasteiger partial charge in [-0.2, -0.15) is 0 Å². The molecule has 1 N–H and O–H groups in total. The lowest BCUT2D eigenvalue weighted by molar-refractivity contribution is 0.380. The summed E-state index contributed by atoms with van der Waals surface area (Å²) in [5, 5.41) is 7.28. The van der Waals surface area contributed by atoms with E-state index in [1.54, 1.807) is 12.4 Å². The molecule has 0 aliphatic heterocycles. The van der Waals surface area contributed by atoms with E-state index in [0.29, 0.717) is 12.5 Å². The molecule has 2 heterocycles. The van der Waals surface area contributed by atoms with Crippen molar-refractivity contribution in [2.45, 2.75) is 40.2 Å². The first-order valence-corrected chi connectivity index (χ1v) is 6.23. The number of rotatable bonds is 5. The SMILES string of the molecule is CCc1noc(CC)c1CNc1ncc(C)cn1. The largest absolute Gasteiger partial charge is 0.361 e. The summed E-state index contributed by atoms with van der Waals surface area (Å²) in [6.45, 7) is 6.75. The van der Waals surface area contributed by atoms with Crippen molar-refractivity contribution in [3.05, 3.63) is 35.0 Å². The van der Waals surface area contributed by atoms with Gasteiger partial charge in [0, 0.05) is 30.9 Å². The second-order valence-electron chi connectivity index (χ2n) is 4.18. The van der Waals surface area contributed by atoms with Crippen molar-refractivity contribution in [3.63, 3.8) is 0 Å². The molecule has 0 fully saturated rings. The van der Waals surface area contributed by atoms with E-state index in [2.05, 4.69) is 34.3 Å². The van der Waals surface area contributed by atoms with Crippen LogP contribution in [-0.4, -0.2) is 15.1 Å². The third kappa shape index (κ3) is 2.67. The van der Waals surface area contributed by atoms with Gasteiger partial charge in [-0.15, -0.1) is 0 Å². The Morgan fingerprint density at radius 3 is 2.50 bits per heavy atom. The van der Waals surface area contributed by atoms with Gasteiger partial charge < -0.3 is 9.84 Å². The number of anilines is 1. The first-order chi connectivity index (χ1) is 8.74. The Balaban J connectivity index is 2.09. The maximum Gasteiger partial charge on any atom is 0.222 e. The van der Waals surface area contributed by atoms with Crippen molar-refractivity contribution in [1.82, 2.24) is 15.1 Å². The Morgan fingerprint density at radius 1 is 1.17 bits per heavy atom. The second-order valence-corrected chi connectivity index (χ2v) is 4.18. The predicted octanol–water partition coefficient (Wildman–Crippen LogP) is 2.51. The minimum Gasteiger partial charge on any atom is -0.361 e. The normalized spacial score (nSPS) is 10.6. The van der Waals surface area contributed by atoms with Gasteiger partial charge in [0.05, 0.1) is 5.69 Å². The average molecular weight is 246 g/mol. The Kier molecular flexibility index (Phi) is 3.92. The van der Waals surface area contributed by atoms with Gasteiger partial charge in [0.25, 0.3) is 0 Å². The topological polar surface area (TPSA) is 63.8 Å². The fraction of sp³-hybridized carbons (Fsp3) is 0.462. The molecule has 18 heavy (non-hydrogen) atoms. The van der Waals surface area contributed by atoms with E-state index >= 15 is 0 Å². The summed E-state index contributed by atoms with van der Waals surface area (Å²) in [6, 6.07) is 0. The van der Waals surface area contributed by atoms with E-state index in [1.165, 1.54) is 0 Å². The third-order valence-corrected chi connectivity index (χ3v) is 2.81. The molecule has 2 aromatic heterocycles. The highest BCUT2D eigenvalue weighted by atomic mass is 16.5. The van der Waals surface area contributed by atoms with Gasteiger partial charge in [0.15, 0.2) is 0 Å².